The van der Waals surface area contributed by atoms with Gasteiger partial charge in [-0.15, -0.1) is 0 Å². The molecule has 0 aliphatic rings. The molecular weight excluding hydrogens is 388 g/mol. The van der Waals surface area contributed by atoms with Gasteiger partial charge in [0.1, 0.15) is 11.6 Å². The number of imidazole rings is 1. The van der Waals surface area contributed by atoms with Crippen molar-refractivity contribution in [1.82, 2.24) is 14.3 Å². The smallest absolute Gasteiger partial charge is 0.292 e. The lowest BCUT2D eigenvalue weighted by molar-refractivity contribution is 0.0997. The number of rotatable bonds is 5. The van der Waals surface area contributed by atoms with Gasteiger partial charge in [-0.05, 0) is 50.8 Å². The van der Waals surface area contributed by atoms with E-state index in [0.29, 0.717) is 27.9 Å². The van der Waals surface area contributed by atoms with Crippen molar-refractivity contribution in [2.75, 3.05) is 19.4 Å². The molecule has 4 aromatic rings. The molecule has 3 heterocycles. The Balaban J connectivity index is 1.55. The van der Waals surface area contributed by atoms with E-state index in [-0.39, 0.29) is 11.7 Å². The van der Waals surface area contributed by atoms with Crippen molar-refractivity contribution in [3.05, 3.63) is 76.8 Å². The summed E-state index contributed by atoms with van der Waals surface area (Å²) in [4.78, 5) is 19.3. The number of amides is 1. The fourth-order valence-corrected chi connectivity index (χ4v) is 3.43. The summed E-state index contributed by atoms with van der Waals surface area (Å²) in [6, 6.07) is 15.1. The monoisotopic (exact) mass is 408 g/mol. The molecule has 0 bridgehead atoms. The van der Waals surface area contributed by atoms with Crippen LogP contribution in [0.2, 0.25) is 5.02 Å². The molecule has 0 saturated heterocycles. The number of halogens is 1. The summed E-state index contributed by atoms with van der Waals surface area (Å²) in [5.41, 5.74) is 3.41. The second-order valence-corrected chi connectivity index (χ2v) is 7.56. The van der Waals surface area contributed by atoms with Gasteiger partial charge in [0.2, 0.25) is 0 Å². The van der Waals surface area contributed by atoms with Crippen LogP contribution in [-0.2, 0) is 6.54 Å². The van der Waals surface area contributed by atoms with Crippen molar-refractivity contribution < 1.29 is 9.21 Å². The van der Waals surface area contributed by atoms with Crippen LogP contribution in [0.15, 0.2) is 59.1 Å². The number of hydrogen-bond donors (Lipinski definition) is 1. The summed E-state index contributed by atoms with van der Waals surface area (Å²) in [6.45, 7) is 2.69. The average molecular weight is 409 g/mol. The second kappa shape index (κ2) is 7.73. The minimum Gasteiger partial charge on any atom is -0.451 e. The summed E-state index contributed by atoms with van der Waals surface area (Å²) in [6.07, 6.45) is 1.81. The first kappa shape index (κ1) is 19.2. The van der Waals surface area contributed by atoms with Crippen molar-refractivity contribution in [3.63, 3.8) is 0 Å². The Morgan fingerprint density at radius 1 is 1.17 bits per heavy atom. The highest BCUT2D eigenvalue weighted by Gasteiger charge is 2.17. The molecule has 0 aliphatic carbocycles. The predicted molar refractivity (Wildman–Crippen MR) is 114 cm³/mol. The fourth-order valence-electron chi connectivity index (χ4n) is 3.22. The highest BCUT2D eigenvalue weighted by molar-refractivity contribution is 6.33. The Labute approximate surface area is 173 Å². The van der Waals surface area contributed by atoms with Gasteiger partial charge in [0, 0.05) is 18.3 Å². The number of anilines is 1. The molecule has 0 saturated carbocycles. The topological polar surface area (TPSA) is 62.8 Å². The van der Waals surface area contributed by atoms with Gasteiger partial charge in [0.15, 0.2) is 11.4 Å². The number of furan rings is 1. The number of carbonyl (C=O) groups excluding carboxylic acids is 1. The van der Waals surface area contributed by atoms with Gasteiger partial charge in [-0.1, -0.05) is 35.9 Å². The Hall–Kier alpha value is -3.09. The first-order chi connectivity index (χ1) is 13.9. The number of fused-ring (bicyclic) bond motifs is 1. The summed E-state index contributed by atoms with van der Waals surface area (Å²) >= 11 is 6.19. The Morgan fingerprint density at radius 2 is 1.93 bits per heavy atom. The zero-order chi connectivity index (χ0) is 20.5. The minimum atomic E-state index is -0.342. The summed E-state index contributed by atoms with van der Waals surface area (Å²) < 4.78 is 7.55. The zero-order valence-corrected chi connectivity index (χ0v) is 17.2. The highest BCUT2D eigenvalue weighted by atomic mass is 35.5. The lowest BCUT2D eigenvalue weighted by atomic mass is 10.1. The maximum absolute atomic E-state index is 12.7. The maximum atomic E-state index is 12.7. The third-order valence-electron chi connectivity index (χ3n) is 4.58. The van der Waals surface area contributed by atoms with Crippen LogP contribution in [0.5, 0.6) is 0 Å². The number of benzene rings is 1. The van der Waals surface area contributed by atoms with Crippen molar-refractivity contribution in [2.45, 2.75) is 13.5 Å². The van der Waals surface area contributed by atoms with Crippen LogP contribution in [0.1, 0.15) is 21.8 Å². The van der Waals surface area contributed by atoms with Gasteiger partial charge in [0.05, 0.1) is 10.7 Å². The third-order valence-corrected chi connectivity index (χ3v) is 4.87. The number of aryl methyl sites for hydroxylation is 1. The SMILES string of the molecule is Cc1nc2c(Cl)cccn2c1NC(=O)c1ccc(-c2ccc(CN(C)C)cc2)o1. The number of aromatic nitrogens is 2. The standard InChI is InChI=1S/C22H21ClN4O2/c1-14-20(27-12-4-5-17(23)21(27)24-14)25-22(28)19-11-10-18(29-19)16-8-6-15(7-9-16)13-26(2)3/h4-12H,13H2,1-3H3,(H,25,28). The van der Waals surface area contributed by atoms with Gasteiger partial charge < -0.3 is 14.6 Å². The van der Waals surface area contributed by atoms with E-state index in [4.69, 9.17) is 16.0 Å². The molecule has 148 valence electrons. The Bertz CT molecular complexity index is 1180. The number of hydrogen-bond acceptors (Lipinski definition) is 4. The number of carbonyl (C=O) groups is 1. The molecule has 29 heavy (non-hydrogen) atoms. The predicted octanol–water partition coefficient (Wildman–Crippen LogP) is 4.87. The second-order valence-electron chi connectivity index (χ2n) is 7.15. The number of nitrogens with one attached hydrogen (secondary N) is 1. The lowest BCUT2D eigenvalue weighted by Gasteiger charge is -2.09. The normalized spacial score (nSPS) is 11.3. The van der Waals surface area contributed by atoms with Crippen LogP contribution >= 0.6 is 11.6 Å². The van der Waals surface area contributed by atoms with Crippen LogP contribution < -0.4 is 5.32 Å². The van der Waals surface area contributed by atoms with Crippen molar-refractivity contribution in [1.29, 1.82) is 0 Å². The van der Waals surface area contributed by atoms with Crippen LogP contribution in [0, 0.1) is 6.92 Å². The molecule has 0 fully saturated rings. The molecule has 0 atom stereocenters. The zero-order valence-electron chi connectivity index (χ0n) is 16.4. The first-order valence-corrected chi connectivity index (χ1v) is 9.58. The molecule has 1 N–H and O–H groups in total. The molecule has 3 aromatic heterocycles. The van der Waals surface area contributed by atoms with Crippen molar-refractivity contribution in [2.24, 2.45) is 0 Å². The summed E-state index contributed by atoms with van der Waals surface area (Å²) in [5, 5.41) is 3.40. The molecular formula is C22H21ClN4O2. The number of nitrogens with zero attached hydrogens (tertiary/aromatic N) is 3. The molecule has 1 aromatic carbocycles. The van der Waals surface area contributed by atoms with Crippen LogP contribution in [0.4, 0.5) is 5.82 Å². The molecule has 0 spiro atoms. The van der Waals surface area contributed by atoms with E-state index in [1.54, 1.807) is 34.9 Å². The van der Waals surface area contributed by atoms with Crippen molar-refractivity contribution >= 4 is 29.0 Å². The Morgan fingerprint density at radius 3 is 2.66 bits per heavy atom. The van der Waals surface area contributed by atoms with Crippen LogP contribution in [-0.4, -0.2) is 34.3 Å². The third kappa shape index (κ3) is 3.90. The van der Waals surface area contributed by atoms with E-state index in [1.165, 1.54) is 5.56 Å². The lowest BCUT2D eigenvalue weighted by Crippen LogP contribution is -2.13. The van der Waals surface area contributed by atoms with E-state index in [1.807, 2.05) is 33.2 Å². The van der Waals surface area contributed by atoms with Gasteiger partial charge >= 0.3 is 0 Å². The molecule has 7 heteroatoms. The van der Waals surface area contributed by atoms with Crippen molar-refractivity contribution in [3.8, 4) is 11.3 Å². The molecule has 0 aliphatic heterocycles. The summed E-state index contributed by atoms with van der Waals surface area (Å²) in [7, 11) is 4.06. The highest BCUT2D eigenvalue weighted by Crippen LogP contribution is 2.26. The molecule has 1 amide bonds. The van der Waals surface area contributed by atoms with E-state index in [9.17, 15) is 4.79 Å². The van der Waals surface area contributed by atoms with Crippen LogP contribution in [0.25, 0.3) is 17.0 Å². The van der Waals surface area contributed by atoms with Gasteiger partial charge in [0.25, 0.3) is 5.91 Å². The van der Waals surface area contributed by atoms with Gasteiger partial charge in [-0.25, -0.2) is 4.98 Å². The minimum absolute atomic E-state index is 0.230. The van der Waals surface area contributed by atoms with E-state index >= 15 is 0 Å². The molecule has 0 unspecified atom stereocenters. The summed E-state index contributed by atoms with van der Waals surface area (Å²) in [5.74, 6) is 1.10. The number of pyridine rings is 1. The van der Waals surface area contributed by atoms with Crippen LogP contribution in [0.3, 0.4) is 0 Å². The van der Waals surface area contributed by atoms with Gasteiger partial charge in [-0.3, -0.25) is 9.20 Å². The van der Waals surface area contributed by atoms with Gasteiger partial charge in [-0.2, -0.15) is 0 Å². The molecule has 0 radical (unpaired) electrons. The fraction of sp³-hybridized carbons (Fsp3) is 0.182. The van der Waals surface area contributed by atoms with E-state index in [0.717, 1.165) is 12.1 Å². The average Bonchev–Trinajstić information content (AvgIpc) is 3.29. The van der Waals surface area contributed by atoms with E-state index in [2.05, 4.69) is 27.3 Å². The first-order valence-electron chi connectivity index (χ1n) is 9.21. The van der Waals surface area contributed by atoms with E-state index < -0.39 is 0 Å². The molecule has 6 nitrogen and oxygen atoms in total. The quantitative estimate of drug-likeness (QED) is 0.511. The Kier molecular flexibility index (Phi) is 5.13. The molecule has 4 rings (SSSR count). The maximum Gasteiger partial charge on any atom is 0.292 e. The largest absolute Gasteiger partial charge is 0.451 e.